The molecule has 1 aromatic carbocycles. The maximum absolute atomic E-state index is 11.3. The standard InChI is InChI=1S/C18H23NO7/c1-10-11(2)17(9-24-13(4)21)26-18(12(10)3)25-16-6-5-15(19(22)23)7-14(16)8-20/h5-8,10-12,17-18H,9H2,1-4H3/t10-,11+,12?,17?,18+/m0/s1. The molecule has 0 N–H and O–H groups in total. The summed E-state index contributed by atoms with van der Waals surface area (Å²) in [7, 11) is 0. The molecule has 1 saturated heterocycles. The molecule has 0 aromatic heterocycles. The fraction of sp³-hybridized carbons (Fsp3) is 0.556. The summed E-state index contributed by atoms with van der Waals surface area (Å²) in [4.78, 5) is 32.6. The van der Waals surface area contributed by atoms with Crippen LogP contribution in [0.4, 0.5) is 5.69 Å². The second kappa shape index (κ2) is 8.27. The number of rotatable bonds is 6. The first kappa shape index (κ1) is 19.8. The third-order valence-corrected chi connectivity index (χ3v) is 5.01. The van der Waals surface area contributed by atoms with Gasteiger partial charge in [-0.3, -0.25) is 19.7 Å². The SMILES string of the molecule is CC(=O)OCC1O[C@@H](Oc2ccc([N+](=O)[O-])cc2C=O)C(C)[C@@H](C)[C@H]1C. The normalized spacial score (nSPS) is 28.2. The summed E-state index contributed by atoms with van der Waals surface area (Å²) in [6.45, 7) is 7.51. The highest BCUT2D eigenvalue weighted by atomic mass is 16.7. The lowest BCUT2D eigenvalue weighted by Crippen LogP contribution is -2.49. The van der Waals surface area contributed by atoms with Gasteiger partial charge in [0.1, 0.15) is 12.4 Å². The number of hydrogen-bond acceptors (Lipinski definition) is 7. The van der Waals surface area contributed by atoms with Crippen LogP contribution in [0.2, 0.25) is 0 Å². The van der Waals surface area contributed by atoms with Crippen LogP contribution in [-0.2, 0) is 14.3 Å². The monoisotopic (exact) mass is 365 g/mol. The van der Waals surface area contributed by atoms with E-state index in [1.807, 2.05) is 13.8 Å². The average molecular weight is 365 g/mol. The maximum Gasteiger partial charge on any atom is 0.302 e. The Bertz CT molecular complexity index is 690. The van der Waals surface area contributed by atoms with Gasteiger partial charge in [-0.25, -0.2) is 0 Å². The number of nitrogens with zero attached hydrogens (tertiary/aromatic N) is 1. The van der Waals surface area contributed by atoms with Crippen LogP contribution < -0.4 is 4.74 Å². The molecule has 8 nitrogen and oxygen atoms in total. The van der Waals surface area contributed by atoms with E-state index in [1.54, 1.807) is 0 Å². The Hall–Kier alpha value is -2.48. The molecular weight excluding hydrogens is 342 g/mol. The first-order chi connectivity index (χ1) is 12.2. The Kier molecular flexibility index (Phi) is 6.31. The molecule has 2 unspecified atom stereocenters. The van der Waals surface area contributed by atoms with E-state index in [4.69, 9.17) is 14.2 Å². The van der Waals surface area contributed by atoms with E-state index in [9.17, 15) is 19.7 Å². The average Bonchev–Trinajstić information content (AvgIpc) is 2.61. The molecule has 5 atom stereocenters. The summed E-state index contributed by atoms with van der Waals surface area (Å²) in [5.41, 5.74) is -0.107. The fourth-order valence-electron chi connectivity index (χ4n) is 2.99. The van der Waals surface area contributed by atoms with E-state index in [-0.39, 0.29) is 53.4 Å². The molecule has 0 amide bonds. The number of carbonyl (C=O) groups is 2. The van der Waals surface area contributed by atoms with Crippen molar-refractivity contribution in [1.82, 2.24) is 0 Å². The van der Waals surface area contributed by atoms with Gasteiger partial charge in [0.15, 0.2) is 6.29 Å². The summed E-state index contributed by atoms with van der Waals surface area (Å²) in [5, 5.41) is 10.9. The summed E-state index contributed by atoms with van der Waals surface area (Å²) in [6.07, 6.45) is -0.493. The first-order valence-electron chi connectivity index (χ1n) is 8.43. The predicted octanol–water partition coefficient (Wildman–Crippen LogP) is 2.98. The zero-order valence-corrected chi connectivity index (χ0v) is 15.2. The highest BCUT2D eigenvalue weighted by molar-refractivity contribution is 5.80. The minimum Gasteiger partial charge on any atom is -0.464 e. The molecule has 2 rings (SSSR count). The van der Waals surface area contributed by atoms with Gasteiger partial charge < -0.3 is 14.2 Å². The Morgan fingerprint density at radius 1 is 1.27 bits per heavy atom. The number of esters is 1. The molecule has 1 aromatic rings. The van der Waals surface area contributed by atoms with Gasteiger partial charge in [-0.1, -0.05) is 20.8 Å². The number of aldehydes is 1. The molecule has 8 heteroatoms. The Morgan fingerprint density at radius 2 is 1.96 bits per heavy atom. The zero-order valence-electron chi connectivity index (χ0n) is 15.2. The molecule has 0 radical (unpaired) electrons. The van der Waals surface area contributed by atoms with Crippen molar-refractivity contribution in [2.24, 2.45) is 17.8 Å². The Balaban J connectivity index is 2.20. The quantitative estimate of drug-likeness (QED) is 0.330. The predicted molar refractivity (Wildman–Crippen MR) is 91.9 cm³/mol. The van der Waals surface area contributed by atoms with Crippen molar-refractivity contribution in [3.63, 3.8) is 0 Å². The highest BCUT2D eigenvalue weighted by Gasteiger charge is 2.41. The minimum absolute atomic E-state index is 0.00766. The summed E-state index contributed by atoms with van der Waals surface area (Å²) in [6, 6.07) is 3.83. The van der Waals surface area contributed by atoms with Gasteiger partial charge in [0, 0.05) is 25.0 Å². The van der Waals surface area contributed by atoms with Gasteiger partial charge in [0.2, 0.25) is 6.29 Å². The molecule has 1 aliphatic heterocycles. The number of nitro benzene ring substituents is 1. The molecule has 1 aliphatic rings. The number of carbonyl (C=O) groups excluding carboxylic acids is 2. The second-order valence-corrected chi connectivity index (χ2v) is 6.64. The molecule has 0 bridgehead atoms. The van der Waals surface area contributed by atoms with Crippen molar-refractivity contribution in [3.8, 4) is 5.75 Å². The fourth-order valence-corrected chi connectivity index (χ4v) is 2.99. The van der Waals surface area contributed by atoms with Gasteiger partial charge in [-0.05, 0) is 17.9 Å². The molecule has 1 heterocycles. The lowest BCUT2D eigenvalue weighted by atomic mass is 9.79. The number of non-ortho nitro benzene ring substituents is 1. The van der Waals surface area contributed by atoms with Crippen LogP contribution in [0.5, 0.6) is 5.75 Å². The molecule has 1 fully saturated rings. The van der Waals surface area contributed by atoms with Crippen LogP contribution in [0.25, 0.3) is 0 Å². The summed E-state index contributed by atoms with van der Waals surface area (Å²) < 4.78 is 16.9. The molecule has 142 valence electrons. The van der Waals surface area contributed by atoms with Crippen molar-refractivity contribution < 1.29 is 28.7 Å². The lowest BCUT2D eigenvalue weighted by Gasteiger charge is -2.43. The number of nitro groups is 1. The number of hydrogen-bond donors (Lipinski definition) is 0. The molecule has 0 aliphatic carbocycles. The largest absolute Gasteiger partial charge is 0.464 e. The Morgan fingerprint density at radius 3 is 2.54 bits per heavy atom. The lowest BCUT2D eigenvalue weighted by molar-refractivity contribution is -0.384. The van der Waals surface area contributed by atoms with Crippen LogP contribution in [0.1, 0.15) is 38.1 Å². The van der Waals surface area contributed by atoms with Crippen molar-refractivity contribution in [3.05, 3.63) is 33.9 Å². The maximum atomic E-state index is 11.3. The molecule has 0 spiro atoms. The van der Waals surface area contributed by atoms with Crippen LogP contribution in [0.15, 0.2) is 18.2 Å². The van der Waals surface area contributed by atoms with E-state index in [1.165, 1.54) is 19.1 Å². The van der Waals surface area contributed by atoms with E-state index in [2.05, 4.69) is 6.92 Å². The van der Waals surface area contributed by atoms with Crippen LogP contribution in [0.3, 0.4) is 0 Å². The van der Waals surface area contributed by atoms with Gasteiger partial charge in [-0.15, -0.1) is 0 Å². The topological polar surface area (TPSA) is 105 Å². The van der Waals surface area contributed by atoms with Crippen molar-refractivity contribution in [2.45, 2.75) is 40.1 Å². The van der Waals surface area contributed by atoms with E-state index >= 15 is 0 Å². The van der Waals surface area contributed by atoms with Crippen molar-refractivity contribution in [1.29, 1.82) is 0 Å². The molecule has 26 heavy (non-hydrogen) atoms. The highest BCUT2D eigenvalue weighted by Crippen LogP contribution is 2.37. The van der Waals surface area contributed by atoms with E-state index in [0.29, 0.717) is 6.29 Å². The minimum atomic E-state index is -0.665. The number of benzene rings is 1. The molecule has 0 saturated carbocycles. The van der Waals surface area contributed by atoms with Gasteiger partial charge in [0.25, 0.3) is 5.69 Å². The smallest absolute Gasteiger partial charge is 0.302 e. The number of ether oxygens (including phenoxy) is 3. The van der Waals surface area contributed by atoms with Crippen LogP contribution >= 0.6 is 0 Å². The second-order valence-electron chi connectivity index (χ2n) is 6.64. The van der Waals surface area contributed by atoms with Gasteiger partial charge in [0.05, 0.1) is 16.6 Å². The third kappa shape index (κ3) is 4.37. The van der Waals surface area contributed by atoms with Crippen LogP contribution in [0, 0.1) is 27.9 Å². The van der Waals surface area contributed by atoms with Gasteiger partial charge >= 0.3 is 5.97 Å². The first-order valence-corrected chi connectivity index (χ1v) is 8.43. The Labute approximate surface area is 151 Å². The van der Waals surface area contributed by atoms with E-state index < -0.39 is 11.2 Å². The van der Waals surface area contributed by atoms with Gasteiger partial charge in [-0.2, -0.15) is 0 Å². The zero-order chi connectivity index (χ0) is 19.4. The summed E-state index contributed by atoms with van der Waals surface area (Å²) in [5.74, 6) is 0.200. The van der Waals surface area contributed by atoms with Crippen LogP contribution in [-0.4, -0.2) is 36.2 Å². The summed E-state index contributed by atoms with van der Waals surface area (Å²) >= 11 is 0. The van der Waals surface area contributed by atoms with Crippen molar-refractivity contribution >= 4 is 17.9 Å². The molecular formula is C18H23NO7. The third-order valence-electron chi connectivity index (χ3n) is 5.01. The van der Waals surface area contributed by atoms with Crippen molar-refractivity contribution in [2.75, 3.05) is 6.61 Å². The van der Waals surface area contributed by atoms with E-state index in [0.717, 1.165) is 6.07 Å².